The number of aryl methyl sites for hydroxylation is 1. The summed E-state index contributed by atoms with van der Waals surface area (Å²) in [5, 5.41) is 0. The molecule has 3 nitrogen and oxygen atoms in total. The minimum absolute atomic E-state index is 0.270. The summed E-state index contributed by atoms with van der Waals surface area (Å²) in [6, 6.07) is 16.2. The van der Waals surface area contributed by atoms with Crippen LogP contribution in [0.4, 0.5) is 0 Å². The van der Waals surface area contributed by atoms with Crippen LogP contribution in [0.1, 0.15) is 11.1 Å². The Hall–Kier alpha value is -1.41. The van der Waals surface area contributed by atoms with Crippen LogP contribution < -0.4 is 0 Å². The Balaban J connectivity index is 2.47. The molecule has 0 aromatic heterocycles. The van der Waals surface area contributed by atoms with E-state index < -0.39 is 7.60 Å². The minimum atomic E-state index is -3.07. The Bertz CT molecular complexity index is 615. The monoisotopic (exact) mass is 290 g/mol. The topological polar surface area (TPSA) is 35.5 Å². The summed E-state index contributed by atoms with van der Waals surface area (Å²) in [7, 11) is -0.232. The van der Waals surface area contributed by atoms with E-state index in [1.807, 2.05) is 43.3 Å². The SMILES string of the molecule is COP(=O)(Cc1cc(C)ccc1-c1ccccc1)OC. The first-order valence-corrected chi connectivity index (χ1v) is 8.16. The largest absolute Gasteiger partial charge is 0.334 e. The third-order valence-electron chi connectivity index (χ3n) is 3.27. The van der Waals surface area contributed by atoms with Crippen LogP contribution in [0, 0.1) is 6.92 Å². The maximum absolute atomic E-state index is 12.4. The van der Waals surface area contributed by atoms with Crippen molar-refractivity contribution in [1.82, 2.24) is 0 Å². The lowest BCUT2D eigenvalue weighted by atomic mass is 9.99. The molecule has 20 heavy (non-hydrogen) atoms. The van der Waals surface area contributed by atoms with Gasteiger partial charge in [-0.2, -0.15) is 0 Å². The highest BCUT2D eigenvalue weighted by Gasteiger charge is 2.23. The van der Waals surface area contributed by atoms with Crippen LogP contribution in [0.5, 0.6) is 0 Å². The van der Waals surface area contributed by atoms with E-state index in [0.29, 0.717) is 0 Å². The van der Waals surface area contributed by atoms with Gasteiger partial charge in [-0.3, -0.25) is 4.57 Å². The second kappa shape index (κ2) is 6.36. The third kappa shape index (κ3) is 3.37. The fraction of sp³-hybridized carbons (Fsp3) is 0.250. The maximum atomic E-state index is 12.4. The van der Waals surface area contributed by atoms with Crippen molar-refractivity contribution in [3.8, 4) is 11.1 Å². The molecule has 0 spiro atoms. The zero-order chi connectivity index (χ0) is 14.6. The lowest BCUT2D eigenvalue weighted by molar-refractivity contribution is 0.275. The van der Waals surface area contributed by atoms with Crippen LogP contribution in [-0.4, -0.2) is 14.2 Å². The van der Waals surface area contributed by atoms with Gasteiger partial charge in [0.15, 0.2) is 0 Å². The standard InChI is InChI=1S/C16H19O3P/c1-13-9-10-16(14-7-5-4-6-8-14)15(11-13)12-20(17,18-2)19-3/h4-11H,12H2,1-3H3. The quantitative estimate of drug-likeness (QED) is 0.752. The molecular formula is C16H19O3P. The third-order valence-corrected chi connectivity index (χ3v) is 5.11. The normalized spacial score (nSPS) is 11.6. The summed E-state index contributed by atoms with van der Waals surface area (Å²) in [5.41, 5.74) is 4.26. The van der Waals surface area contributed by atoms with E-state index in [1.54, 1.807) is 0 Å². The Morgan fingerprint density at radius 1 is 1.00 bits per heavy atom. The van der Waals surface area contributed by atoms with Gasteiger partial charge in [0.1, 0.15) is 0 Å². The van der Waals surface area contributed by atoms with Crippen molar-refractivity contribution in [2.24, 2.45) is 0 Å². The zero-order valence-electron chi connectivity index (χ0n) is 12.0. The van der Waals surface area contributed by atoms with Gasteiger partial charge in [-0.1, -0.05) is 54.1 Å². The van der Waals surface area contributed by atoms with Crippen molar-refractivity contribution < 1.29 is 13.6 Å². The van der Waals surface area contributed by atoms with Gasteiger partial charge in [0, 0.05) is 14.2 Å². The number of benzene rings is 2. The average Bonchev–Trinajstić information content (AvgIpc) is 2.48. The Morgan fingerprint density at radius 2 is 1.65 bits per heavy atom. The fourth-order valence-electron chi connectivity index (χ4n) is 2.16. The molecule has 0 heterocycles. The van der Waals surface area contributed by atoms with E-state index >= 15 is 0 Å². The van der Waals surface area contributed by atoms with E-state index in [1.165, 1.54) is 14.2 Å². The lowest BCUT2D eigenvalue weighted by Crippen LogP contribution is -1.96. The minimum Gasteiger partial charge on any atom is -0.312 e. The molecule has 2 aromatic carbocycles. The van der Waals surface area contributed by atoms with Crippen molar-refractivity contribution in [3.63, 3.8) is 0 Å². The van der Waals surface area contributed by atoms with Gasteiger partial charge in [-0.25, -0.2) is 0 Å². The van der Waals surface area contributed by atoms with Gasteiger partial charge >= 0.3 is 7.60 Å². The molecule has 0 fully saturated rings. The van der Waals surface area contributed by atoms with E-state index in [0.717, 1.165) is 22.3 Å². The molecule has 2 rings (SSSR count). The van der Waals surface area contributed by atoms with Gasteiger partial charge in [0.05, 0.1) is 6.16 Å². The number of hydrogen-bond donors (Lipinski definition) is 0. The summed E-state index contributed by atoms with van der Waals surface area (Å²) in [4.78, 5) is 0. The second-order valence-electron chi connectivity index (χ2n) is 4.66. The summed E-state index contributed by atoms with van der Waals surface area (Å²) in [6.45, 7) is 2.02. The predicted octanol–water partition coefficient (Wildman–Crippen LogP) is 4.65. The highest BCUT2D eigenvalue weighted by atomic mass is 31.2. The Morgan fingerprint density at radius 3 is 2.25 bits per heavy atom. The summed E-state index contributed by atoms with van der Waals surface area (Å²) in [6.07, 6.45) is 0.270. The molecule has 0 aliphatic carbocycles. The van der Waals surface area contributed by atoms with Crippen molar-refractivity contribution in [1.29, 1.82) is 0 Å². The molecule has 0 radical (unpaired) electrons. The molecular weight excluding hydrogens is 271 g/mol. The summed E-state index contributed by atoms with van der Waals surface area (Å²) < 4.78 is 22.5. The smallest absolute Gasteiger partial charge is 0.312 e. The molecule has 4 heteroatoms. The van der Waals surface area contributed by atoms with Crippen LogP contribution >= 0.6 is 7.60 Å². The van der Waals surface area contributed by atoms with E-state index in [9.17, 15) is 4.57 Å². The zero-order valence-corrected chi connectivity index (χ0v) is 12.9. The summed E-state index contributed by atoms with van der Waals surface area (Å²) >= 11 is 0. The average molecular weight is 290 g/mol. The number of rotatable bonds is 5. The second-order valence-corrected chi connectivity index (χ2v) is 6.93. The van der Waals surface area contributed by atoms with E-state index in [2.05, 4.69) is 12.1 Å². The molecule has 106 valence electrons. The Labute approximate surface area is 120 Å². The fourth-order valence-corrected chi connectivity index (χ4v) is 3.25. The molecule has 0 saturated heterocycles. The first-order valence-electron chi connectivity index (χ1n) is 6.43. The van der Waals surface area contributed by atoms with E-state index in [-0.39, 0.29) is 6.16 Å². The first kappa shape index (κ1) is 15.0. The van der Waals surface area contributed by atoms with Crippen LogP contribution in [0.2, 0.25) is 0 Å². The molecule has 0 atom stereocenters. The molecule has 0 N–H and O–H groups in total. The van der Waals surface area contributed by atoms with Gasteiger partial charge in [0.2, 0.25) is 0 Å². The maximum Gasteiger partial charge on any atom is 0.334 e. The van der Waals surface area contributed by atoms with Crippen LogP contribution in [0.25, 0.3) is 11.1 Å². The van der Waals surface area contributed by atoms with Gasteiger partial charge in [-0.05, 0) is 23.6 Å². The number of hydrogen-bond acceptors (Lipinski definition) is 3. The molecule has 0 amide bonds. The van der Waals surface area contributed by atoms with Crippen molar-refractivity contribution in [3.05, 3.63) is 59.7 Å². The molecule has 0 saturated carbocycles. The van der Waals surface area contributed by atoms with Crippen molar-refractivity contribution >= 4 is 7.60 Å². The van der Waals surface area contributed by atoms with Gasteiger partial charge in [-0.15, -0.1) is 0 Å². The molecule has 0 bridgehead atoms. The molecule has 0 aliphatic heterocycles. The highest BCUT2D eigenvalue weighted by Crippen LogP contribution is 2.51. The van der Waals surface area contributed by atoms with Crippen LogP contribution in [0.15, 0.2) is 48.5 Å². The molecule has 0 aliphatic rings. The first-order chi connectivity index (χ1) is 9.58. The molecule has 0 unspecified atom stereocenters. The van der Waals surface area contributed by atoms with E-state index in [4.69, 9.17) is 9.05 Å². The molecule has 2 aromatic rings. The van der Waals surface area contributed by atoms with Crippen molar-refractivity contribution in [2.75, 3.05) is 14.2 Å². The van der Waals surface area contributed by atoms with Crippen LogP contribution in [-0.2, 0) is 19.8 Å². The summed E-state index contributed by atoms with van der Waals surface area (Å²) in [5.74, 6) is 0. The van der Waals surface area contributed by atoms with Crippen molar-refractivity contribution in [2.45, 2.75) is 13.1 Å². The van der Waals surface area contributed by atoms with Gasteiger partial charge in [0.25, 0.3) is 0 Å². The predicted molar refractivity (Wildman–Crippen MR) is 81.9 cm³/mol. The Kier molecular flexibility index (Phi) is 4.77. The van der Waals surface area contributed by atoms with Crippen LogP contribution in [0.3, 0.4) is 0 Å². The van der Waals surface area contributed by atoms with Gasteiger partial charge < -0.3 is 9.05 Å². The highest BCUT2D eigenvalue weighted by molar-refractivity contribution is 7.52. The lowest BCUT2D eigenvalue weighted by Gasteiger charge is -2.17.